The van der Waals surface area contributed by atoms with Crippen molar-refractivity contribution < 1.29 is 9.59 Å². The Kier molecular flexibility index (Phi) is 5.28. The summed E-state index contributed by atoms with van der Waals surface area (Å²) in [6, 6.07) is 6.95. The predicted octanol–water partition coefficient (Wildman–Crippen LogP) is 2.47. The Balaban J connectivity index is 1.72. The van der Waals surface area contributed by atoms with Gasteiger partial charge in [-0.2, -0.15) is 0 Å². The monoisotopic (exact) mass is 358 g/mol. The number of hydrogen-bond acceptors (Lipinski definition) is 4. The Morgan fingerprint density at radius 2 is 2.20 bits per heavy atom. The van der Waals surface area contributed by atoms with Crippen LogP contribution in [-0.2, 0) is 4.79 Å². The molecule has 1 N–H and O–H groups in total. The topological polar surface area (TPSA) is 75.2 Å². The van der Waals surface area contributed by atoms with Crippen molar-refractivity contribution in [1.29, 1.82) is 0 Å². The number of likely N-dealkylation sites (tertiary alicyclic amines) is 1. The second kappa shape index (κ2) is 7.61. The molecule has 130 valence electrons. The third-order valence-corrected chi connectivity index (χ3v) is 4.61. The molecule has 3 heterocycles. The van der Waals surface area contributed by atoms with E-state index in [9.17, 15) is 9.59 Å². The Morgan fingerprint density at radius 1 is 1.36 bits per heavy atom. The summed E-state index contributed by atoms with van der Waals surface area (Å²) < 4.78 is 0. The van der Waals surface area contributed by atoms with Gasteiger partial charge in [-0.05, 0) is 30.7 Å². The highest BCUT2D eigenvalue weighted by Crippen LogP contribution is 2.37. The quantitative estimate of drug-likeness (QED) is 0.890. The minimum absolute atomic E-state index is 0.00657. The van der Waals surface area contributed by atoms with Crippen LogP contribution in [-0.4, -0.2) is 39.8 Å². The lowest BCUT2D eigenvalue weighted by Crippen LogP contribution is -2.34. The molecule has 1 fully saturated rings. The van der Waals surface area contributed by atoms with Crippen LogP contribution in [0.5, 0.6) is 0 Å². The van der Waals surface area contributed by atoms with E-state index in [1.165, 1.54) is 6.20 Å². The van der Waals surface area contributed by atoms with Crippen LogP contribution in [0.1, 0.15) is 35.4 Å². The molecule has 0 spiro atoms. The van der Waals surface area contributed by atoms with E-state index in [0.29, 0.717) is 30.2 Å². The van der Waals surface area contributed by atoms with E-state index in [1.54, 1.807) is 24.5 Å². The summed E-state index contributed by atoms with van der Waals surface area (Å²) in [5, 5.41) is 3.36. The molecule has 3 rings (SSSR count). The molecule has 25 heavy (non-hydrogen) atoms. The van der Waals surface area contributed by atoms with E-state index in [2.05, 4.69) is 15.3 Å². The molecule has 2 atom stereocenters. The molecular formula is C18H19ClN4O2. The van der Waals surface area contributed by atoms with Crippen molar-refractivity contribution in [3.63, 3.8) is 0 Å². The zero-order chi connectivity index (χ0) is 17.8. The number of carbonyl (C=O) groups excluding carboxylic acids is 2. The van der Waals surface area contributed by atoms with Gasteiger partial charge in [0.25, 0.3) is 5.91 Å². The molecule has 0 aromatic carbocycles. The van der Waals surface area contributed by atoms with Crippen molar-refractivity contribution in [2.45, 2.75) is 19.4 Å². The van der Waals surface area contributed by atoms with Gasteiger partial charge in [-0.1, -0.05) is 17.7 Å². The number of pyridine rings is 2. The van der Waals surface area contributed by atoms with Gasteiger partial charge in [0.05, 0.1) is 11.1 Å². The van der Waals surface area contributed by atoms with Gasteiger partial charge in [0.15, 0.2) is 0 Å². The highest BCUT2D eigenvalue weighted by atomic mass is 35.5. The maximum atomic E-state index is 12.3. The zero-order valence-electron chi connectivity index (χ0n) is 13.9. The fourth-order valence-corrected chi connectivity index (χ4v) is 3.36. The average Bonchev–Trinajstić information content (AvgIpc) is 2.96. The smallest absolute Gasteiger partial charge is 0.269 e. The summed E-state index contributed by atoms with van der Waals surface area (Å²) in [5.74, 6) is -0.183. The normalized spacial score (nSPS) is 19.9. The number of aromatic nitrogens is 2. The third kappa shape index (κ3) is 3.79. The Bertz CT molecular complexity index is 751. The largest absolute Gasteiger partial charge is 0.350 e. The van der Waals surface area contributed by atoms with Crippen molar-refractivity contribution in [1.82, 2.24) is 20.2 Å². The maximum absolute atomic E-state index is 12.3. The standard InChI is InChI=1S/C18H19ClN4O2/c1-2-23-16(24)8-13(17(23)12-4-3-7-20-9-12)10-22-18(25)15-6-5-14(19)11-21-15/h3-7,9,11,13,17H,2,8,10H2,1H3,(H,22,25)/t13-,17-/m0/s1. The van der Waals surface area contributed by atoms with E-state index in [1.807, 2.05) is 24.0 Å². The van der Waals surface area contributed by atoms with E-state index in [4.69, 9.17) is 11.6 Å². The van der Waals surface area contributed by atoms with Crippen LogP contribution >= 0.6 is 11.6 Å². The van der Waals surface area contributed by atoms with E-state index in [0.717, 1.165) is 5.56 Å². The predicted molar refractivity (Wildman–Crippen MR) is 94.1 cm³/mol. The summed E-state index contributed by atoms with van der Waals surface area (Å²) >= 11 is 5.79. The molecule has 0 aliphatic carbocycles. The van der Waals surface area contributed by atoms with Gasteiger partial charge in [-0.15, -0.1) is 0 Å². The molecule has 1 saturated heterocycles. The highest BCUT2D eigenvalue weighted by Gasteiger charge is 2.39. The van der Waals surface area contributed by atoms with Crippen molar-refractivity contribution in [3.8, 4) is 0 Å². The van der Waals surface area contributed by atoms with Gasteiger partial charge in [0.2, 0.25) is 5.91 Å². The number of amides is 2. The van der Waals surface area contributed by atoms with Crippen molar-refractivity contribution in [2.24, 2.45) is 5.92 Å². The molecule has 2 aromatic rings. The molecule has 0 unspecified atom stereocenters. The summed E-state index contributed by atoms with van der Waals surface area (Å²) in [5.41, 5.74) is 1.29. The summed E-state index contributed by atoms with van der Waals surface area (Å²) in [4.78, 5) is 34.6. The second-order valence-electron chi connectivity index (χ2n) is 5.95. The Morgan fingerprint density at radius 3 is 2.84 bits per heavy atom. The molecule has 6 nitrogen and oxygen atoms in total. The number of carbonyl (C=O) groups is 2. The molecule has 0 bridgehead atoms. The van der Waals surface area contributed by atoms with Gasteiger partial charge in [-0.3, -0.25) is 14.6 Å². The van der Waals surface area contributed by atoms with E-state index >= 15 is 0 Å². The lowest BCUT2D eigenvalue weighted by atomic mass is 9.94. The maximum Gasteiger partial charge on any atom is 0.269 e. The molecule has 0 saturated carbocycles. The molecular weight excluding hydrogens is 340 g/mol. The first-order valence-corrected chi connectivity index (χ1v) is 8.57. The minimum Gasteiger partial charge on any atom is -0.350 e. The lowest BCUT2D eigenvalue weighted by Gasteiger charge is -2.27. The van der Waals surface area contributed by atoms with Crippen LogP contribution in [0.3, 0.4) is 0 Å². The average molecular weight is 359 g/mol. The summed E-state index contributed by atoms with van der Waals surface area (Å²) in [7, 11) is 0. The summed E-state index contributed by atoms with van der Waals surface area (Å²) in [6.07, 6.45) is 5.33. The van der Waals surface area contributed by atoms with Crippen LogP contribution in [0, 0.1) is 5.92 Å². The first-order chi connectivity index (χ1) is 12.1. The van der Waals surface area contributed by atoms with Crippen LogP contribution in [0.2, 0.25) is 5.02 Å². The second-order valence-corrected chi connectivity index (χ2v) is 6.38. The number of hydrogen-bond donors (Lipinski definition) is 1. The number of rotatable bonds is 5. The van der Waals surface area contributed by atoms with Crippen LogP contribution in [0.25, 0.3) is 0 Å². The van der Waals surface area contributed by atoms with E-state index in [-0.39, 0.29) is 23.8 Å². The minimum atomic E-state index is -0.274. The number of nitrogens with zero attached hydrogens (tertiary/aromatic N) is 3. The van der Waals surface area contributed by atoms with Gasteiger partial charge >= 0.3 is 0 Å². The first-order valence-electron chi connectivity index (χ1n) is 8.19. The molecule has 1 aliphatic heterocycles. The SMILES string of the molecule is CCN1C(=O)C[C@@H](CNC(=O)c2ccc(Cl)cn2)[C@@H]1c1cccnc1. The molecule has 0 radical (unpaired) electrons. The molecule has 2 aromatic heterocycles. The van der Waals surface area contributed by atoms with Gasteiger partial charge in [0, 0.05) is 44.0 Å². The van der Waals surface area contributed by atoms with Crippen molar-refractivity contribution >= 4 is 23.4 Å². The first kappa shape index (κ1) is 17.4. The lowest BCUT2D eigenvalue weighted by molar-refractivity contribution is -0.128. The molecule has 1 aliphatic rings. The fraction of sp³-hybridized carbons (Fsp3) is 0.333. The molecule has 2 amide bonds. The van der Waals surface area contributed by atoms with Gasteiger partial charge < -0.3 is 10.2 Å². The highest BCUT2D eigenvalue weighted by molar-refractivity contribution is 6.30. The third-order valence-electron chi connectivity index (χ3n) is 4.39. The van der Waals surface area contributed by atoms with Crippen molar-refractivity contribution in [2.75, 3.05) is 13.1 Å². The number of nitrogens with one attached hydrogen (secondary N) is 1. The van der Waals surface area contributed by atoms with Gasteiger partial charge in [-0.25, -0.2) is 4.98 Å². The van der Waals surface area contributed by atoms with E-state index < -0.39 is 0 Å². The van der Waals surface area contributed by atoms with Gasteiger partial charge in [0.1, 0.15) is 5.69 Å². The fourth-order valence-electron chi connectivity index (χ4n) is 3.25. The Hall–Kier alpha value is -2.47. The van der Waals surface area contributed by atoms with Crippen LogP contribution in [0.4, 0.5) is 0 Å². The summed E-state index contributed by atoms with van der Waals surface area (Å²) in [6.45, 7) is 2.98. The van der Waals surface area contributed by atoms with Crippen molar-refractivity contribution in [3.05, 3.63) is 59.1 Å². The van der Waals surface area contributed by atoms with Crippen LogP contribution in [0.15, 0.2) is 42.9 Å². The Labute approximate surface area is 151 Å². The van der Waals surface area contributed by atoms with Crippen LogP contribution < -0.4 is 5.32 Å². The molecule has 7 heteroatoms. The number of halogens is 1. The zero-order valence-corrected chi connectivity index (χ0v) is 14.6.